The van der Waals surface area contributed by atoms with Gasteiger partial charge in [-0.1, -0.05) is 67.9 Å². The Bertz CT molecular complexity index is 877. The van der Waals surface area contributed by atoms with Crippen molar-refractivity contribution in [3.8, 4) is 0 Å². The molecule has 0 bridgehead atoms. The minimum absolute atomic E-state index is 0.0675. The number of nitrogens with one attached hydrogen (secondary N) is 1. The zero-order valence-corrected chi connectivity index (χ0v) is 18.0. The monoisotopic (exact) mass is 410 g/mol. The predicted molar refractivity (Wildman–Crippen MR) is 115 cm³/mol. The smallest absolute Gasteiger partial charge is 0.251 e. The van der Waals surface area contributed by atoms with Gasteiger partial charge in [-0.25, -0.2) is 0 Å². The molecule has 0 saturated carbocycles. The fourth-order valence-corrected chi connectivity index (χ4v) is 3.61. The van der Waals surface area contributed by atoms with Crippen LogP contribution >= 0.6 is 0 Å². The molecule has 6 heteroatoms. The molecule has 3 rings (SSSR count). The van der Waals surface area contributed by atoms with E-state index in [1.165, 1.54) is 5.56 Å². The maximum absolute atomic E-state index is 12.9. The lowest BCUT2D eigenvalue weighted by atomic mass is 9.96. The van der Waals surface area contributed by atoms with Gasteiger partial charge in [0.2, 0.25) is 5.91 Å². The predicted octanol–water partition coefficient (Wildman–Crippen LogP) is 2.87. The number of morpholine rings is 1. The number of nitrogens with zero attached hydrogens (tertiary/aromatic N) is 1. The van der Waals surface area contributed by atoms with Crippen molar-refractivity contribution in [1.82, 2.24) is 10.2 Å². The lowest BCUT2D eigenvalue weighted by Gasteiger charge is -2.38. The molecule has 2 N–H and O–H groups in total. The van der Waals surface area contributed by atoms with E-state index in [2.05, 4.69) is 19.2 Å². The second kappa shape index (κ2) is 9.41. The molecule has 1 aliphatic heterocycles. The Morgan fingerprint density at radius 3 is 2.33 bits per heavy atom. The first-order valence-corrected chi connectivity index (χ1v) is 10.3. The molecular weight excluding hydrogens is 380 g/mol. The van der Waals surface area contributed by atoms with Gasteiger partial charge in [0.25, 0.3) is 5.91 Å². The summed E-state index contributed by atoms with van der Waals surface area (Å²) in [4.78, 5) is 26.6. The van der Waals surface area contributed by atoms with Crippen LogP contribution in [0.25, 0.3) is 0 Å². The van der Waals surface area contributed by atoms with Crippen molar-refractivity contribution in [2.75, 3.05) is 20.2 Å². The molecule has 0 aromatic heterocycles. The fraction of sp³-hybridized carbons (Fsp3) is 0.417. The molecule has 3 atom stereocenters. The van der Waals surface area contributed by atoms with Crippen molar-refractivity contribution >= 4 is 11.8 Å². The number of carbonyl (C=O) groups is 2. The van der Waals surface area contributed by atoms with Crippen molar-refractivity contribution in [3.05, 3.63) is 70.8 Å². The number of benzene rings is 2. The van der Waals surface area contributed by atoms with E-state index in [0.29, 0.717) is 5.92 Å². The summed E-state index contributed by atoms with van der Waals surface area (Å²) >= 11 is 0. The van der Waals surface area contributed by atoms with Crippen LogP contribution in [0.3, 0.4) is 0 Å². The van der Waals surface area contributed by atoms with Gasteiger partial charge in [-0.3, -0.25) is 9.59 Å². The molecule has 1 aliphatic rings. The highest BCUT2D eigenvalue weighted by atomic mass is 16.5. The highest BCUT2D eigenvalue weighted by Gasteiger charge is 2.40. The van der Waals surface area contributed by atoms with Crippen molar-refractivity contribution < 1.29 is 19.4 Å². The van der Waals surface area contributed by atoms with E-state index in [4.69, 9.17) is 4.74 Å². The van der Waals surface area contributed by atoms with Crippen molar-refractivity contribution in [1.29, 1.82) is 0 Å². The molecule has 2 amide bonds. The molecule has 1 fully saturated rings. The lowest BCUT2D eigenvalue weighted by Crippen LogP contribution is -2.53. The Morgan fingerprint density at radius 1 is 1.13 bits per heavy atom. The van der Waals surface area contributed by atoms with Crippen LogP contribution in [-0.2, 0) is 14.3 Å². The number of hydrogen-bond acceptors (Lipinski definition) is 4. The highest BCUT2D eigenvalue weighted by molar-refractivity contribution is 5.86. The van der Waals surface area contributed by atoms with Crippen LogP contribution in [0.4, 0.5) is 0 Å². The number of ether oxygens (including phenoxy) is 1. The second-order valence-corrected chi connectivity index (χ2v) is 8.17. The van der Waals surface area contributed by atoms with Crippen LogP contribution in [0.1, 0.15) is 54.2 Å². The van der Waals surface area contributed by atoms with Crippen LogP contribution in [0.2, 0.25) is 0 Å². The van der Waals surface area contributed by atoms with Crippen molar-refractivity contribution in [3.63, 3.8) is 0 Å². The van der Waals surface area contributed by atoms with E-state index in [1.807, 2.05) is 55.5 Å². The highest BCUT2D eigenvalue weighted by Crippen LogP contribution is 2.29. The molecule has 1 heterocycles. The fourth-order valence-electron chi connectivity index (χ4n) is 3.61. The minimum atomic E-state index is -0.842. The topological polar surface area (TPSA) is 78.9 Å². The van der Waals surface area contributed by atoms with Crippen LogP contribution in [-0.4, -0.2) is 48.1 Å². The summed E-state index contributed by atoms with van der Waals surface area (Å²) in [5, 5.41) is 13.3. The number of carbonyl (C=O) groups excluding carboxylic acids is 2. The SMILES string of the molecule is Cc1ccc(C2C(C(=O)NCC(O)c3ccc(C(C)C)cc3)OCC(=O)N2C)cc1. The van der Waals surface area contributed by atoms with Gasteiger partial charge in [0.05, 0.1) is 12.1 Å². The van der Waals surface area contributed by atoms with Gasteiger partial charge in [-0.05, 0) is 29.5 Å². The maximum Gasteiger partial charge on any atom is 0.251 e. The number of hydrogen-bond donors (Lipinski definition) is 2. The van der Waals surface area contributed by atoms with E-state index < -0.39 is 18.2 Å². The average Bonchev–Trinajstić information content (AvgIpc) is 2.74. The average molecular weight is 411 g/mol. The van der Waals surface area contributed by atoms with Crippen molar-refractivity contribution in [2.45, 2.75) is 44.9 Å². The number of aliphatic hydroxyl groups is 1. The molecule has 0 radical (unpaired) electrons. The van der Waals surface area contributed by atoms with Gasteiger partial charge in [-0.15, -0.1) is 0 Å². The Balaban J connectivity index is 1.69. The Labute approximate surface area is 177 Å². The zero-order valence-electron chi connectivity index (χ0n) is 18.0. The van der Waals surface area contributed by atoms with E-state index in [1.54, 1.807) is 11.9 Å². The summed E-state index contributed by atoms with van der Waals surface area (Å²) in [5.74, 6) is -0.106. The molecule has 2 aromatic carbocycles. The molecule has 1 saturated heterocycles. The first-order chi connectivity index (χ1) is 14.3. The van der Waals surface area contributed by atoms with E-state index in [0.717, 1.165) is 16.7 Å². The lowest BCUT2D eigenvalue weighted by molar-refractivity contribution is -0.162. The largest absolute Gasteiger partial charge is 0.387 e. The molecule has 2 aromatic rings. The summed E-state index contributed by atoms with van der Waals surface area (Å²) in [7, 11) is 1.68. The molecule has 6 nitrogen and oxygen atoms in total. The van der Waals surface area contributed by atoms with Crippen LogP contribution < -0.4 is 5.32 Å². The number of aliphatic hydroxyl groups excluding tert-OH is 1. The molecular formula is C24H30N2O4. The number of aryl methyl sites for hydroxylation is 1. The van der Waals surface area contributed by atoms with E-state index in [9.17, 15) is 14.7 Å². The Kier molecular flexibility index (Phi) is 6.90. The van der Waals surface area contributed by atoms with Crippen LogP contribution in [0.15, 0.2) is 48.5 Å². The molecule has 0 aliphatic carbocycles. The second-order valence-electron chi connectivity index (χ2n) is 8.17. The first kappa shape index (κ1) is 22.0. The summed E-state index contributed by atoms with van der Waals surface area (Å²) in [6.07, 6.45) is -1.66. The standard InChI is InChI=1S/C24H30N2O4/c1-15(2)17-9-11-18(12-10-17)20(27)13-25-24(29)23-22(26(4)21(28)14-30-23)19-7-5-16(3)6-8-19/h5-12,15,20,22-23,27H,13-14H2,1-4H3,(H,25,29). The Morgan fingerprint density at radius 2 is 1.73 bits per heavy atom. The third-order valence-corrected chi connectivity index (χ3v) is 5.62. The van der Waals surface area contributed by atoms with Gasteiger partial charge in [0.1, 0.15) is 6.61 Å². The number of likely N-dealkylation sites (N-methyl/N-ethyl adjacent to an activating group) is 1. The van der Waals surface area contributed by atoms with Gasteiger partial charge in [0.15, 0.2) is 6.10 Å². The van der Waals surface area contributed by atoms with E-state index in [-0.39, 0.29) is 25.0 Å². The van der Waals surface area contributed by atoms with Crippen LogP contribution in [0.5, 0.6) is 0 Å². The summed E-state index contributed by atoms with van der Waals surface area (Å²) < 4.78 is 5.61. The number of rotatable bonds is 6. The maximum atomic E-state index is 12.9. The molecule has 30 heavy (non-hydrogen) atoms. The molecule has 0 spiro atoms. The normalized spacial score (nSPS) is 20.3. The summed E-state index contributed by atoms with van der Waals surface area (Å²) in [5.41, 5.74) is 3.86. The summed E-state index contributed by atoms with van der Waals surface area (Å²) in [6.45, 7) is 6.13. The van der Waals surface area contributed by atoms with Crippen LogP contribution in [0, 0.1) is 6.92 Å². The Hall–Kier alpha value is -2.70. The first-order valence-electron chi connectivity index (χ1n) is 10.3. The summed E-state index contributed by atoms with van der Waals surface area (Å²) in [6, 6.07) is 14.9. The van der Waals surface area contributed by atoms with Gasteiger partial charge in [0, 0.05) is 13.6 Å². The third kappa shape index (κ3) is 4.89. The quantitative estimate of drug-likeness (QED) is 0.768. The zero-order chi connectivity index (χ0) is 21.8. The number of amides is 2. The molecule has 160 valence electrons. The van der Waals surface area contributed by atoms with Crippen molar-refractivity contribution in [2.24, 2.45) is 0 Å². The third-order valence-electron chi connectivity index (χ3n) is 5.62. The van der Waals surface area contributed by atoms with E-state index >= 15 is 0 Å². The van der Waals surface area contributed by atoms with Gasteiger partial charge >= 0.3 is 0 Å². The van der Waals surface area contributed by atoms with Gasteiger partial charge in [-0.2, -0.15) is 0 Å². The molecule has 3 unspecified atom stereocenters. The minimum Gasteiger partial charge on any atom is -0.387 e. The van der Waals surface area contributed by atoms with Gasteiger partial charge < -0.3 is 20.1 Å².